The Morgan fingerprint density at radius 2 is 1.69 bits per heavy atom. The van der Waals surface area contributed by atoms with Crippen molar-refractivity contribution in [3.8, 4) is 28.6 Å². The van der Waals surface area contributed by atoms with Gasteiger partial charge in [-0.05, 0) is 66.1 Å². The molecule has 0 bridgehead atoms. The predicted molar refractivity (Wildman–Crippen MR) is 149 cm³/mol. The topological polar surface area (TPSA) is 91.2 Å². The molecule has 0 saturated heterocycles. The van der Waals surface area contributed by atoms with E-state index in [-0.39, 0.29) is 12.7 Å². The van der Waals surface area contributed by atoms with Crippen molar-refractivity contribution in [2.45, 2.75) is 24.4 Å². The summed E-state index contributed by atoms with van der Waals surface area (Å²) in [5.41, 5.74) is 5.75. The molecular weight excluding hydrogens is 510 g/mol. The number of aryl methyl sites for hydroxylation is 1. The van der Waals surface area contributed by atoms with E-state index in [1.54, 1.807) is 24.2 Å². The minimum atomic E-state index is -0.131. The zero-order chi connectivity index (χ0) is 26.6. The van der Waals surface area contributed by atoms with Crippen LogP contribution in [0.4, 0.5) is 0 Å². The first kappa shape index (κ1) is 24.7. The first-order chi connectivity index (χ1) is 19.2. The molecule has 1 amide bonds. The minimum Gasteiger partial charge on any atom is -0.454 e. The summed E-state index contributed by atoms with van der Waals surface area (Å²) in [5.74, 6) is 2.75. The molecule has 0 spiro atoms. The van der Waals surface area contributed by atoms with E-state index >= 15 is 0 Å². The number of nitrogens with one attached hydrogen (secondary N) is 1. The molecule has 8 nitrogen and oxygen atoms in total. The molecule has 1 N–H and O–H groups in total. The molecule has 194 valence electrons. The molecule has 0 fully saturated rings. The molecule has 39 heavy (non-hydrogen) atoms. The van der Waals surface area contributed by atoms with Crippen LogP contribution in [-0.2, 0) is 12.3 Å². The number of hydrogen-bond donors (Lipinski definition) is 1. The van der Waals surface area contributed by atoms with Gasteiger partial charge in [-0.25, -0.2) is 0 Å². The van der Waals surface area contributed by atoms with Crippen LogP contribution in [0.1, 0.15) is 27.0 Å². The number of carbonyl (C=O) groups is 1. The van der Waals surface area contributed by atoms with Crippen molar-refractivity contribution in [3.05, 3.63) is 114 Å². The van der Waals surface area contributed by atoms with Crippen LogP contribution in [-0.4, -0.2) is 32.4 Å². The molecule has 1 aliphatic rings. The Morgan fingerprint density at radius 3 is 2.51 bits per heavy atom. The highest BCUT2D eigenvalue weighted by Crippen LogP contribution is 2.33. The standard InChI is InChI=1S/C30H25N5O3S/c1-20-4-2-3-5-25(20)35-28(23-12-14-31-15-13-23)33-34-30(35)39-18-21-6-9-24(10-7-21)29(36)32-17-22-8-11-26-27(16-22)38-19-37-26/h2-16H,17-19H2,1H3,(H,32,36). The van der Waals surface area contributed by atoms with Crippen LogP contribution in [0.15, 0.2) is 96.4 Å². The third-order valence-corrected chi connectivity index (χ3v) is 7.40. The Labute approximate surface area is 230 Å². The predicted octanol–water partition coefficient (Wildman–Crippen LogP) is 5.59. The normalized spacial score (nSPS) is 11.9. The lowest BCUT2D eigenvalue weighted by Crippen LogP contribution is -2.22. The van der Waals surface area contributed by atoms with Crippen molar-refractivity contribution in [1.29, 1.82) is 0 Å². The maximum Gasteiger partial charge on any atom is 0.251 e. The second kappa shape index (κ2) is 11.0. The van der Waals surface area contributed by atoms with Crippen LogP contribution >= 0.6 is 11.8 Å². The van der Waals surface area contributed by atoms with Gasteiger partial charge in [0, 0.05) is 35.8 Å². The lowest BCUT2D eigenvalue weighted by molar-refractivity contribution is 0.0951. The van der Waals surface area contributed by atoms with Crippen molar-refractivity contribution in [1.82, 2.24) is 25.1 Å². The van der Waals surface area contributed by atoms with Gasteiger partial charge in [-0.3, -0.25) is 14.3 Å². The maximum absolute atomic E-state index is 12.7. The fourth-order valence-electron chi connectivity index (χ4n) is 4.32. The van der Waals surface area contributed by atoms with E-state index in [0.717, 1.165) is 44.7 Å². The number of carbonyl (C=O) groups excluding carboxylic acids is 1. The van der Waals surface area contributed by atoms with Gasteiger partial charge in [-0.1, -0.05) is 48.2 Å². The molecule has 3 heterocycles. The summed E-state index contributed by atoms with van der Waals surface area (Å²) in [7, 11) is 0. The summed E-state index contributed by atoms with van der Waals surface area (Å²) in [6.07, 6.45) is 3.51. The summed E-state index contributed by atoms with van der Waals surface area (Å²) >= 11 is 1.60. The van der Waals surface area contributed by atoms with Crippen LogP contribution < -0.4 is 14.8 Å². The third kappa shape index (κ3) is 5.35. The van der Waals surface area contributed by atoms with Gasteiger partial charge in [-0.15, -0.1) is 10.2 Å². The molecule has 5 aromatic rings. The van der Waals surface area contributed by atoms with E-state index < -0.39 is 0 Å². The largest absolute Gasteiger partial charge is 0.454 e. The maximum atomic E-state index is 12.7. The zero-order valence-electron chi connectivity index (χ0n) is 21.2. The van der Waals surface area contributed by atoms with E-state index in [1.165, 1.54) is 0 Å². The van der Waals surface area contributed by atoms with Gasteiger partial charge in [0.15, 0.2) is 22.5 Å². The second-order valence-corrected chi connectivity index (χ2v) is 9.96. The molecular formula is C30H25N5O3S. The van der Waals surface area contributed by atoms with Crippen LogP contribution in [0.5, 0.6) is 11.5 Å². The molecule has 0 radical (unpaired) electrons. The first-order valence-electron chi connectivity index (χ1n) is 12.5. The highest BCUT2D eigenvalue weighted by Gasteiger charge is 2.18. The Balaban J connectivity index is 1.14. The van der Waals surface area contributed by atoms with E-state index in [0.29, 0.717) is 23.6 Å². The van der Waals surface area contributed by atoms with Crippen molar-refractivity contribution in [2.24, 2.45) is 0 Å². The number of nitrogens with zero attached hydrogens (tertiary/aromatic N) is 4. The van der Waals surface area contributed by atoms with Gasteiger partial charge in [0.05, 0.1) is 5.69 Å². The van der Waals surface area contributed by atoms with Gasteiger partial charge in [0.2, 0.25) is 6.79 Å². The number of amides is 1. The van der Waals surface area contributed by atoms with Gasteiger partial charge in [0.1, 0.15) is 0 Å². The number of thioether (sulfide) groups is 1. The lowest BCUT2D eigenvalue weighted by Gasteiger charge is -2.13. The Kier molecular flexibility index (Phi) is 6.97. The molecule has 9 heteroatoms. The summed E-state index contributed by atoms with van der Waals surface area (Å²) in [6, 6.07) is 25.4. The van der Waals surface area contributed by atoms with Gasteiger partial charge in [0.25, 0.3) is 5.91 Å². The average molecular weight is 536 g/mol. The number of fused-ring (bicyclic) bond motifs is 1. The van der Waals surface area contributed by atoms with Crippen molar-refractivity contribution in [3.63, 3.8) is 0 Å². The number of pyridine rings is 1. The Hall–Kier alpha value is -4.63. The van der Waals surface area contributed by atoms with Gasteiger partial charge in [-0.2, -0.15) is 0 Å². The Bertz CT molecular complexity index is 1620. The van der Waals surface area contributed by atoms with Gasteiger partial charge >= 0.3 is 0 Å². The zero-order valence-corrected chi connectivity index (χ0v) is 22.0. The van der Waals surface area contributed by atoms with Gasteiger partial charge < -0.3 is 14.8 Å². The number of ether oxygens (including phenoxy) is 2. The van der Waals surface area contributed by atoms with E-state index in [9.17, 15) is 4.79 Å². The molecule has 0 aliphatic carbocycles. The molecule has 1 aliphatic heterocycles. The molecule has 6 rings (SSSR count). The van der Waals surface area contributed by atoms with Crippen LogP contribution in [0.25, 0.3) is 17.1 Å². The second-order valence-electron chi connectivity index (χ2n) is 9.02. The van der Waals surface area contributed by atoms with E-state index in [4.69, 9.17) is 9.47 Å². The molecule has 3 aromatic carbocycles. The highest BCUT2D eigenvalue weighted by atomic mass is 32.2. The smallest absolute Gasteiger partial charge is 0.251 e. The number of rotatable bonds is 8. The fraction of sp³-hybridized carbons (Fsp3) is 0.133. The molecule has 2 aromatic heterocycles. The van der Waals surface area contributed by atoms with Crippen molar-refractivity contribution in [2.75, 3.05) is 6.79 Å². The number of aromatic nitrogens is 4. The highest BCUT2D eigenvalue weighted by molar-refractivity contribution is 7.98. The minimum absolute atomic E-state index is 0.131. The van der Waals surface area contributed by atoms with Crippen LogP contribution in [0.2, 0.25) is 0 Å². The van der Waals surface area contributed by atoms with E-state index in [2.05, 4.69) is 44.1 Å². The summed E-state index contributed by atoms with van der Waals surface area (Å²) in [6.45, 7) is 2.71. The first-order valence-corrected chi connectivity index (χ1v) is 13.4. The number of hydrogen-bond acceptors (Lipinski definition) is 7. The van der Waals surface area contributed by atoms with Crippen molar-refractivity contribution < 1.29 is 14.3 Å². The Morgan fingerprint density at radius 1 is 0.923 bits per heavy atom. The van der Waals surface area contributed by atoms with E-state index in [1.807, 2.05) is 66.7 Å². The third-order valence-electron chi connectivity index (χ3n) is 6.40. The summed E-state index contributed by atoms with van der Waals surface area (Å²) in [4.78, 5) is 16.8. The molecule has 0 unspecified atom stereocenters. The summed E-state index contributed by atoms with van der Waals surface area (Å²) < 4.78 is 12.8. The fourth-order valence-corrected chi connectivity index (χ4v) is 5.22. The lowest BCUT2D eigenvalue weighted by atomic mass is 10.1. The van der Waals surface area contributed by atoms with Crippen molar-refractivity contribution >= 4 is 17.7 Å². The average Bonchev–Trinajstić information content (AvgIpc) is 3.63. The van der Waals surface area contributed by atoms with Crippen LogP contribution in [0, 0.1) is 6.92 Å². The monoisotopic (exact) mass is 535 g/mol. The molecule has 0 atom stereocenters. The summed E-state index contributed by atoms with van der Waals surface area (Å²) in [5, 5.41) is 12.8. The number of para-hydroxylation sites is 1. The molecule has 0 saturated carbocycles. The SMILES string of the molecule is Cc1ccccc1-n1c(SCc2ccc(C(=O)NCc3ccc4c(c3)OCO4)cc2)nnc1-c1ccncc1. The quantitative estimate of drug-likeness (QED) is 0.259. The van der Waals surface area contributed by atoms with Crippen LogP contribution in [0.3, 0.4) is 0 Å². The number of benzene rings is 3.